The Morgan fingerprint density at radius 1 is 1.04 bits per heavy atom. The lowest BCUT2D eigenvalue weighted by molar-refractivity contribution is -0.136. The molecule has 3 aliphatic heterocycles. The first-order valence-corrected chi connectivity index (χ1v) is 9.78. The van der Waals surface area contributed by atoms with Crippen molar-refractivity contribution in [2.45, 2.75) is 50.7 Å². The lowest BCUT2D eigenvalue weighted by atomic mass is 10.00. The van der Waals surface area contributed by atoms with Crippen molar-refractivity contribution in [3.8, 4) is 0 Å². The van der Waals surface area contributed by atoms with Gasteiger partial charge in [0.1, 0.15) is 6.04 Å². The Balaban J connectivity index is 1.55. The molecule has 4 rings (SSSR count). The van der Waals surface area contributed by atoms with Crippen molar-refractivity contribution >= 4 is 23.6 Å². The van der Waals surface area contributed by atoms with Crippen molar-refractivity contribution in [2.75, 3.05) is 13.1 Å². The Morgan fingerprint density at radius 2 is 1.82 bits per heavy atom. The molecule has 1 aromatic rings. The topological polar surface area (TPSA) is 113 Å². The van der Waals surface area contributed by atoms with E-state index in [1.807, 2.05) is 6.07 Å². The van der Waals surface area contributed by atoms with Gasteiger partial charge >= 0.3 is 0 Å². The summed E-state index contributed by atoms with van der Waals surface area (Å²) in [4.78, 5) is 52.5. The molecule has 0 radical (unpaired) electrons. The molecule has 2 fully saturated rings. The van der Waals surface area contributed by atoms with Gasteiger partial charge in [-0.3, -0.25) is 34.3 Å². The van der Waals surface area contributed by atoms with Gasteiger partial charge in [-0.1, -0.05) is 12.5 Å². The third-order valence-electron chi connectivity index (χ3n) is 5.91. The van der Waals surface area contributed by atoms with Crippen LogP contribution in [0.25, 0.3) is 0 Å². The van der Waals surface area contributed by atoms with E-state index >= 15 is 0 Å². The first-order chi connectivity index (χ1) is 13.5. The van der Waals surface area contributed by atoms with Crippen LogP contribution in [0.15, 0.2) is 18.2 Å². The number of carbonyl (C=O) groups is 4. The fourth-order valence-electron chi connectivity index (χ4n) is 4.39. The summed E-state index contributed by atoms with van der Waals surface area (Å²) in [6.07, 6.45) is 3.65. The van der Waals surface area contributed by atoms with Crippen molar-refractivity contribution in [1.29, 1.82) is 0 Å². The number of fused-ring (bicyclic) bond motifs is 1. The van der Waals surface area contributed by atoms with Crippen molar-refractivity contribution in [2.24, 2.45) is 5.73 Å². The van der Waals surface area contributed by atoms with Crippen LogP contribution in [0.5, 0.6) is 0 Å². The fourth-order valence-corrected chi connectivity index (χ4v) is 4.39. The van der Waals surface area contributed by atoms with E-state index in [4.69, 9.17) is 5.73 Å². The van der Waals surface area contributed by atoms with E-state index in [-0.39, 0.29) is 18.7 Å². The van der Waals surface area contributed by atoms with Crippen molar-refractivity contribution in [3.05, 3.63) is 34.9 Å². The standard InChI is InChI=1S/C20H24N4O4/c21-10-13-3-1-2-8-23(13)11-12-4-5-14-15(9-12)20(28)24(19(14)27)16-6-7-17(25)22-18(16)26/h4-5,9,13,16H,1-3,6-8,10-11,21H2,(H,22,25,26). The van der Waals surface area contributed by atoms with Crippen LogP contribution in [0.1, 0.15) is 58.4 Å². The third kappa shape index (κ3) is 3.22. The minimum Gasteiger partial charge on any atom is -0.329 e. The highest BCUT2D eigenvalue weighted by Crippen LogP contribution is 2.29. The Hall–Kier alpha value is -2.58. The molecule has 2 saturated heterocycles. The normalized spacial score (nSPS) is 25.8. The van der Waals surface area contributed by atoms with Crippen LogP contribution in [0.4, 0.5) is 0 Å². The average Bonchev–Trinajstić information content (AvgIpc) is 2.93. The number of nitrogens with two attached hydrogens (primary N) is 1. The average molecular weight is 384 g/mol. The van der Waals surface area contributed by atoms with E-state index in [1.165, 1.54) is 6.42 Å². The number of piperidine rings is 2. The van der Waals surface area contributed by atoms with E-state index < -0.39 is 23.8 Å². The Bertz CT molecular complexity index is 853. The molecule has 3 heterocycles. The second-order valence-electron chi connectivity index (χ2n) is 7.68. The lowest BCUT2D eigenvalue weighted by Gasteiger charge is -2.35. The first-order valence-electron chi connectivity index (χ1n) is 9.78. The van der Waals surface area contributed by atoms with Gasteiger partial charge < -0.3 is 5.73 Å². The molecule has 0 aromatic heterocycles. The zero-order valence-corrected chi connectivity index (χ0v) is 15.6. The number of likely N-dealkylation sites (tertiary alicyclic amines) is 1. The van der Waals surface area contributed by atoms with Gasteiger partial charge in [-0.15, -0.1) is 0 Å². The molecule has 4 amide bonds. The summed E-state index contributed by atoms with van der Waals surface area (Å²) in [5.41, 5.74) is 7.48. The number of carbonyl (C=O) groups excluding carboxylic acids is 4. The summed E-state index contributed by atoms with van der Waals surface area (Å²) in [5, 5.41) is 2.21. The smallest absolute Gasteiger partial charge is 0.262 e. The number of rotatable bonds is 4. The third-order valence-corrected chi connectivity index (χ3v) is 5.91. The van der Waals surface area contributed by atoms with Gasteiger partial charge in [0, 0.05) is 25.6 Å². The van der Waals surface area contributed by atoms with E-state index in [1.54, 1.807) is 12.1 Å². The van der Waals surface area contributed by atoms with Gasteiger partial charge in [-0.25, -0.2) is 0 Å². The van der Waals surface area contributed by atoms with Crippen LogP contribution in [0.2, 0.25) is 0 Å². The number of benzene rings is 1. The Morgan fingerprint density at radius 3 is 2.57 bits per heavy atom. The maximum absolute atomic E-state index is 12.9. The Labute approximate surface area is 163 Å². The molecule has 8 nitrogen and oxygen atoms in total. The molecule has 148 valence electrons. The van der Waals surface area contributed by atoms with Crippen LogP contribution in [0, 0.1) is 0 Å². The summed E-state index contributed by atoms with van der Waals surface area (Å²) in [7, 11) is 0. The minimum atomic E-state index is -0.933. The first kappa shape index (κ1) is 18.8. The maximum Gasteiger partial charge on any atom is 0.262 e. The molecule has 3 aliphatic rings. The summed E-state index contributed by atoms with van der Waals surface area (Å²) in [6.45, 7) is 2.24. The van der Waals surface area contributed by atoms with Gasteiger partial charge in [-0.05, 0) is 43.5 Å². The highest BCUT2D eigenvalue weighted by atomic mass is 16.2. The number of hydrogen-bond donors (Lipinski definition) is 2. The fraction of sp³-hybridized carbons (Fsp3) is 0.500. The quantitative estimate of drug-likeness (QED) is 0.727. The second-order valence-corrected chi connectivity index (χ2v) is 7.68. The molecule has 0 saturated carbocycles. The minimum absolute atomic E-state index is 0.116. The summed E-state index contributed by atoms with van der Waals surface area (Å²) < 4.78 is 0. The molecular weight excluding hydrogens is 360 g/mol. The van der Waals surface area contributed by atoms with Crippen LogP contribution in [-0.4, -0.2) is 58.6 Å². The van der Waals surface area contributed by atoms with Crippen molar-refractivity contribution in [3.63, 3.8) is 0 Å². The number of nitrogens with one attached hydrogen (secondary N) is 1. The van der Waals surface area contributed by atoms with Crippen LogP contribution in [-0.2, 0) is 16.1 Å². The van der Waals surface area contributed by atoms with E-state index in [9.17, 15) is 19.2 Å². The van der Waals surface area contributed by atoms with Gasteiger partial charge in [0.15, 0.2) is 0 Å². The monoisotopic (exact) mass is 384 g/mol. The zero-order chi connectivity index (χ0) is 19.8. The summed E-state index contributed by atoms with van der Waals surface area (Å²) in [5.74, 6) is -1.91. The molecule has 0 spiro atoms. The van der Waals surface area contributed by atoms with Gasteiger partial charge in [-0.2, -0.15) is 0 Å². The molecule has 2 unspecified atom stereocenters. The summed E-state index contributed by atoms with van der Waals surface area (Å²) in [6, 6.07) is 4.68. The number of hydrogen-bond acceptors (Lipinski definition) is 6. The van der Waals surface area contributed by atoms with Crippen LogP contribution in [0.3, 0.4) is 0 Å². The van der Waals surface area contributed by atoms with Crippen LogP contribution < -0.4 is 11.1 Å². The van der Waals surface area contributed by atoms with Crippen LogP contribution >= 0.6 is 0 Å². The zero-order valence-electron chi connectivity index (χ0n) is 15.6. The number of imide groups is 2. The number of nitrogens with zero attached hydrogens (tertiary/aromatic N) is 2. The SMILES string of the molecule is NCC1CCCCN1Cc1ccc2c(c1)C(=O)N(C1CCC(=O)NC1=O)C2=O. The van der Waals surface area contributed by atoms with E-state index in [2.05, 4.69) is 10.2 Å². The molecule has 8 heteroatoms. The molecule has 28 heavy (non-hydrogen) atoms. The van der Waals surface area contributed by atoms with Crippen molar-refractivity contribution in [1.82, 2.24) is 15.1 Å². The molecule has 2 atom stereocenters. The lowest BCUT2D eigenvalue weighted by Crippen LogP contribution is -2.54. The molecule has 1 aromatic carbocycles. The number of amides is 4. The molecule has 3 N–H and O–H groups in total. The summed E-state index contributed by atoms with van der Waals surface area (Å²) >= 11 is 0. The van der Waals surface area contributed by atoms with Gasteiger partial charge in [0.05, 0.1) is 11.1 Å². The Kier molecular flexibility index (Phi) is 4.99. The van der Waals surface area contributed by atoms with Gasteiger partial charge in [0.25, 0.3) is 11.8 Å². The predicted molar refractivity (Wildman–Crippen MR) is 100 cm³/mol. The van der Waals surface area contributed by atoms with E-state index in [0.29, 0.717) is 30.3 Å². The highest BCUT2D eigenvalue weighted by molar-refractivity contribution is 6.23. The largest absolute Gasteiger partial charge is 0.329 e. The van der Waals surface area contributed by atoms with E-state index in [0.717, 1.165) is 29.8 Å². The molecule has 0 aliphatic carbocycles. The van der Waals surface area contributed by atoms with Gasteiger partial charge in [0.2, 0.25) is 11.8 Å². The molecule has 0 bridgehead atoms. The van der Waals surface area contributed by atoms with Crippen molar-refractivity contribution < 1.29 is 19.2 Å². The predicted octanol–water partition coefficient (Wildman–Crippen LogP) is 0.401. The highest BCUT2D eigenvalue weighted by Gasteiger charge is 2.44. The maximum atomic E-state index is 12.9. The molecular formula is C20H24N4O4. The second kappa shape index (κ2) is 7.44.